The first kappa shape index (κ1) is 40.4. The van der Waals surface area contributed by atoms with Gasteiger partial charge < -0.3 is 38.6 Å². The van der Waals surface area contributed by atoms with Gasteiger partial charge in [0.2, 0.25) is 23.5 Å². The number of carbonyl (C=O) groups excluding carboxylic acids is 2. The lowest BCUT2D eigenvalue weighted by molar-refractivity contribution is -0.146. The van der Waals surface area contributed by atoms with Crippen molar-refractivity contribution < 1.29 is 48.2 Å². The number of ether oxygens (including phenoxy) is 6. The van der Waals surface area contributed by atoms with Crippen molar-refractivity contribution in [1.29, 1.82) is 0 Å². The molecule has 0 aliphatic carbocycles. The second-order valence-electron chi connectivity index (χ2n) is 14.1. The van der Waals surface area contributed by atoms with Crippen LogP contribution in [0.1, 0.15) is 46.2 Å². The van der Waals surface area contributed by atoms with Crippen molar-refractivity contribution in [2.24, 2.45) is 0 Å². The summed E-state index contributed by atoms with van der Waals surface area (Å²) in [6.07, 6.45) is -0.590. The van der Waals surface area contributed by atoms with Gasteiger partial charge in [-0.1, -0.05) is 36.4 Å². The monoisotopic (exact) mass is 770 g/mol. The lowest BCUT2D eigenvalue weighted by Gasteiger charge is -2.23. The van der Waals surface area contributed by atoms with Crippen LogP contribution >= 0.6 is 0 Å². The summed E-state index contributed by atoms with van der Waals surface area (Å²) in [6, 6.07) is 18.5. The Balaban J connectivity index is 1.11. The normalized spacial score (nSPS) is 19.8. The number of aliphatic hydroxyl groups excluding tert-OH is 2. The van der Waals surface area contributed by atoms with Gasteiger partial charge >= 0.3 is 11.9 Å². The predicted octanol–water partition coefficient (Wildman–Crippen LogP) is 4.15. The van der Waals surface area contributed by atoms with Crippen LogP contribution < -0.4 is 18.9 Å². The number of rotatable bonds is 15. The number of aromatic nitrogens is 2. The van der Waals surface area contributed by atoms with Crippen molar-refractivity contribution >= 4 is 11.9 Å². The summed E-state index contributed by atoms with van der Waals surface area (Å²) < 4.78 is 33.4. The van der Waals surface area contributed by atoms with Gasteiger partial charge in [-0.3, -0.25) is 19.4 Å². The van der Waals surface area contributed by atoms with E-state index in [2.05, 4.69) is 35.9 Å². The molecule has 56 heavy (non-hydrogen) atoms. The van der Waals surface area contributed by atoms with Gasteiger partial charge in [0.05, 0.1) is 40.6 Å². The van der Waals surface area contributed by atoms with E-state index in [-0.39, 0.29) is 25.2 Å². The molecule has 2 aromatic carbocycles. The van der Waals surface area contributed by atoms with Crippen LogP contribution in [0.15, 0.2) is 60.7 Å². The van der Waals surface area contributed by atoms with E-state index in [4.69, 9.17) is 28.4 Å². The number of carbonyl (C=O) groups is 2. The molecule has 4 atom stereocenters. The first-order valence-electron chi connectivity index (χ1n) is 18.5. The van der Waals surface area contributed by atoms with Crippen LogP contribution in [0.25, 0.3) is 11.1 Å². The van der Waals surface area contributed by atoms with E-state index in [1.807, 2.05) is 46.2 Å². The maximum atomic E-state index is 12.3. The van der Waals surface area contributed by atoms with Crippen molar-refractivity contribution in [1.82, 2.24) is 19.8 Å². The summed E-state index contributed by atoms with van der Waals surface area (Å²) in [5, 5.41) is 20.4. The van der Waals surface area contributed by atoms with E-state index < -0.39 is 24.3 Å². The molecule has 6 rings (SSSR count). The number of pyridine rings is 2. The minimum atomic E-state index is -0.612. The highest BCUT2D eigenvalue weighted by Gasteiger charge is 2.38. The molecule has 0 amide bonds. The highest BCUT2D eigenvalue weighted by molar-refractivity contribution is 5.76. The zero-order chi connectivity index (χ0) is 39.9. The molecule has 2 fully saturated rings. The molecule has 2 saturated heterocycles. The first-order valence-corrected chi connectivity index (χ1v) is 18.5. The second kappa shape index (κ2) is 18.1. The third-order valence-electron chi connectivity index (χ3n) is 10.6. The molecule has 4 aromatic rings. The quantitative estimate of drug-likeness (QED) is 0.166. The van der Waals surface area contributed by atoms with Gasteiger partial charge in [0, 0.05) is 62.3 Å². The highest BCUT2D eigenvalue weighted by atomic mass is 16.5. The molecule has 2 aromatic heterocycles. The third kappa shape index (κ3) is 9.05. The van der Waals surface area contributed by atoms with E-state index in [1.165, 1.54) is 28.4 Å². The van der Waals surface area contributed by atoms with E-state index in [0.717, 1.165) is 44.5 Å². The predicted molar refractivity (Wildman–Crippen MR) is 205 cm³/mol. The molecular formula is C42H50N4O10. The van der Waals surface area contributed by atoms with Crippen molar-refractivity contribution in [2.45, 2.75) is 77.3 Å². The van der Waals surface area contributed by atoms with E-state index >= 15 is 0 Å². The fourth-order valence-corrected chi connectivity index (χ4v) is 7.53. The summed E-state index contributed by atoms with van der Waals surface area (Å²) in [4.78, 5) is 37.5. The van der Waals surface area contributed by atoms with E-state index in [9.17, 15) is 19.8 Å². The lowest BCUT2D eigenvalue weighted by atomic mass is 9.92. The molecule has 0 radical (unpaired) electrons. The Bertz CT molecular complexity index is 1880. The summed E-state index contributed by atoms with van der Waals surface area (Å²) >= 11 is 0. The van der Waals surface area contributed by atoms with Crippen LogP contribution in [0.5, 0.6) is 23.5 Å². The number of methoxy groups -OCH3 is 4. The number of esters is 2. The first-order chi connectivity index (χ1) is 27.0. The van der Waals surface area contributed by atoms with Crippen molar-refractivity contribution in [3.63, 3.8) is 0 Å². The Morgan fingerprint density at radius 3 is 1.41 bits per heavy atom. The SMILES string of the molecule is COC(=O)[C@@H]1C[C@H](O)CN1Cc1ccc(OCc2cccc(-c3cccc(COc4ccc(CN5C[C@@H](O)C[C@H]5C(=O)OC)c(OC)n4)c3C)c2C)nc1OC. The molecule has 0 spiro atoms. The van der Waals surface area contributed by atoms with Crippen LogP contribution in [0.4, 0.5) is 0 Å². The van der Waals surface area contributed by atoms with Crippen LogP contribution in [-0.2, 0) is 45.4 Å². The molecule has 0 saturated carbocycles. The lowest BCUT2D eigenvalue weighted by Crippen LogP contribution is -2.36. The minimum Gasteiger partial charge on any atom is -0.481 e. The van der Waals surface area contributed by atoms with Crippen molar-refractivity contribution in [2.75, 3.05) is 41.5 Å². The molecule has 2 aliphatic rings. The molecule has 14 heteroatoms. The van der Waals surface area contributed by atoms with Gasteiger partial charge in [-0.25, -0.2) is 0 Å². The summed E-state index contributed by atoms with van der Waals surface area (Å²) in [7, 11) is 5.77. The third-order valence-corrected chi connectivity index (χ3v) is 10.6. The molecule has 0 bridgehead atoms. The number of hydrogen-bond acceptors (Lipinski definition) is 14. The smallest absolute Gasteiger partial charge is 0.323 e. The standard InChI is InChI=1S/C42H50N4O10/c1-25-29(23-55-37-15-13-27(39(43-37)51-3)19-45-21-31(47)17-35(45)41(49)53-5)9-7-11-33(25)34-12-8-10-30(26(34)2)24-56-38-16-14-28(40(44-38)52-4)20-46-22-32(48)18-36(46)42(50)54-6/h7-16,31-32,35-36,47-48H,17-24H2,1-6H3/t31-,32-,35-,36-/m0/s1. The van der Waals surface area contributed by atoms with Gasteiger partial charge in [-0.15, -0.1) is 0 Å². The maximum Gasteiger partial charge on any atom is 0.323 e. The number of nitrogens with zero attached hydrogens (tertiary/aromatic N) is 4. The maximum absolute atomic E-state index is 12.3. The van der Waals surface area contributed by atoms with Gasteiger partial charge in [0.1, 0.15) is 25.3 Å². The van der Waals surface area contributed by atoms with Crippen molar-refractivity contribution in [3.8, 4) is 34.6 Å². The molecule has 298 valence electrons. The number of aliphatic hydroxyl groups is 2. The Morgan fingerprint density at radius 1 is 0.625 bits per heavy atom. The number of benzene rings is 2. The van der Waals surface area contributed by atoms with Crippen LogP contribution in [0.3, 0.4) is 0 Å². The molecule has 2 aliphatic heterocycles. The number of β-amino-alcohol motifs (C(OH)–C–C–N with tert-alkyl or cyclic N) is 2. The fourth-order valence-electron chi connectivity index (χ4n) is 7.53. The Hall–Kier alpha value is -5.28. The second-order valence-corrected chi connectivity index (χ2v) is 14.1. The van der Waals surface area contributed by atoms with E-state index in [0.29, 0.717) is 62.5 Å². The summed E-state index contributed by atoms with van der Waals surface area (Å²) in [5.74, 6) is 0.806. The van der Waals surface area contributed by atoms with Crippen LogP contribution in [0.2, 0.25) is 0 Å². The molecule has 0 unspecified atom stereocenters. The van der Waals surface area contributed by atoms with Crippen LogP contribution in [0, 0.1) is 13.8 Å². The minimum absolute atomic E-state index is 0.283. The Morgan fingerprint density at radius 2 is 1.04 bits per heavy atom. The Kier molecular flexibility index (Phi) is 13.1. The summed E-state index contributed by atoms with van der Waals surface area (Å²) in [6.45, 7) is 6.13. The Labute approximate surface area is 326 Å². The number of hydrogen-bond donors (Lipinski definition) is 2. The zero-order valence-corrected chi connectivity index (χ0v) is 32.7. The molecule has 4 heterocycles. The van der Waals surface area contributed by atoms with Gasteiger partial charge in [0.25, 0.3) is 0 Å². The largest absolute Gasteiger partial charge is 0.481 e. The highest BCUT2D eigenvalue weighted by Crippen LogP contribution is 2.33. The average Bonchev–Trinajstić information content (AvgIpc) is 3.77. The average molecular weight is 771 g/mol. The summed E-state index contributed by atoms with van der Waals surface area (Å²) in [5.41, 5.74) is 7.81. The van der Waals surface area contributed by atoms with Crippen LogP contribution in [-0.4, -0.2) is 108 Å². The van der Waals surface area contributed by atoms with E-state index in [1.54, 1.807) is 12.1 Å². The fraction of sp³-hybridized carbons (Fsp3) is 0.429. The molecular weight excluding hydrogens is 720 g/mol. The topological polar surface area (TPSA) is 162 Å². The molecule has 14 nitrogen and oxygen atoms in total. The van der Waals surface area contributed by atoms with Gasteiger partial charge in [-0.2, -0.15) is 9.97 Å². The number of likely N-dealkylation sites (tertiary alicyclic amines) is 2. The van der Waals surface area contributed by atoms with Gasteiger partial charge in [-0.05, 0) is 59.4 Å². The molecule has 2 N–H and O–H groups in total. The van der Waals surface area contributed by atoms with Gasteiger partial charge in [0.15, 0.2) is 0 Å². The zero-order valence-electron chi connectivity index (χ0n) is 32.7. The van der Waals surface area contributed by atoms with Crippen molar-refractivity contribution in [3.05, 3.63) is 94.0 Å².